The van der Waals surface area contributed by atoms with Crippen molar-refractivity contribution in [2.45, 2.75) is 49.9 Å². The zero-order valence-electron chi connectivity index (χ0n) is 11.2. The van der Waals surface area contributed by atoms with E-state index in [1.165, 1.54) is 25.7 Å². The normalized spacial score (nSPS) is 25.9. The van der Waals surface area contributed by atoms with Crippen LogP contribution in [-0.2, 0) is 0 Å². The van der Waals surface area contributed by atoms with Crippen LogP contribution < -0.4 is 5.32 Å². The van der Waals surface area contributed by atoms with E-state index in [0.29, 0.717) is 11.3 Å². The van der Waals surface area contributed by atoms with Gasteiger partial charge in [0, 0.05) is 22.9 Å². The van der Waals surface area contributed by atoms with Gasteiger partial charge in [0.25, 0.3) is 0 Å². The minimum absolute atomic E-state index is 0.0870. The van der Waals surface area contributed by atoms with Crippen LogP contribution in [0.3, 0.4) is 0 Å². The number of thioether (sulfide) groups is 1. The quantitative estimate of drug-likeness (QED) is 0.879. The number of halogens is 1. The van der Waals surface area contributed by atoms with Gasteiger partial charge in [0.15, 0.2) is 0 Å². The van der Waals surface area contributed by atoms with Gasteiger partial charge in [-0.25, -0.2) is 4.39 Å². The second-order valence-electron chi connectivity index (χ2n) is 5.07. The molecule has 3 atom stereocenters. The first kappa shape index (κ1) is 13.9. The molecule has 0 heterocycles. The van der Waals surface area contributed by atoms with Crippen LogP contribution in [-0.4, -0.2) is 17.5 Å². The smallest absolute Gasteiger partial charge is 0.127 e. The van der Waals surface area contributed by atoms with Crippen molar-refractivity contribution in [3.05, 3.63) is 35.6 Å². The summed E-state index contributed by atoms with van der Waals surface area (Å²) in [6.45, 7) is 2.06. The molecule has 100 valence electrons. The highest BCUT2D eigenvalue weighted by Crippen LogP contribution is 2.29. The third-order valence-corrected chi connectivity index (χ3v) is 5.01. The number of hydrogen-bond donors (Lipinski definition) is 1. The Morgan fingerprint density at radius 1 is 1.28 bits per heavy atom. The first-order chi connectivity index (χ1) is 8.72. The highest BCUT2D eigenvalue weighted by Gasteiger charge is 2.26. The molecule has 0 saturated heterocycles. The molecule has 1 aliphatic rings. The molecule has 1 N–H and O–H groups in total. The van der Waals surface area contributed by atoms with E-state index < -0.39 is 0 Å². The zero-order valence-corrected chi connectivity index (χ0v) is 12.0. The Labute approximate surface area is 114 Å². The fourth-order valence-corrected chi connectivity index (χ4v) is 3.75. The molecule has 0 aromatic heterocycles. The van der Waals surface area contributed by atoms with Crippen molar-refractivity contribution in [1.82, 2.24) is 5.32 Å². The first-order valence-corrected chi connectivity index (χ1v) is 8.04. The maximum absolute atomic E-state index is 13.7. The Bertz CT molecular complexity index is 383. The lowest BCUT2D eigenvalue weighted by Gasteiger charge is -2.33. The largest absolute Gasteiger partial charge is 0.306 e. The molecular weight excluding hydrogens is 245 g/mol. The Hall–Kier alpha value is -0.540. The van der Waals surface area contributed by atoms with Gasteiger partial charge in [0.1, 0.15) is 5.82 Å². The van der Waals surface area contributed by atoms with E-state index in [1.807, 2.05) is 23.9 Å². The van der Waals surface area contributed by atoms with Crippen LogP contribution in [0.1, 0.15) is 44.2 Å². The van der Waals surface area contributed by atoms with Gasteiger partial charge >= 0.3 is 0 Å². The lowest BCUT2D eigenvalue weighted by atomic mass is 9.93. The van der Waals surface area contributed by atoms with E-state index in [2.05, 4.69) is 18.5 Å². The zero-order chi connectivity index (χ0) is 13.0. The number of rotatable bonds is 4. The number of nitrogens with one attached hydrogen (secondary N) is 1. The van der Waals surface area contributed by atoms with Crippen LogP contribution in [0.5, 0.6) is 0 Å². The second kappa shape index (κ2) is 6.58. The molecule has 1 fully saturated rings. The molecule has 0 amide bonds. The van der Waals surface area contributed by atoms with Crippen molar-refractivity contribution in [2.24, 2.45) is 0 Å². The SMILES string of the molecule is CSC1CCCCC1NC(C)c1ccccc1F. The van der Waals surface area contributed by atoms with Crippen molar-refractivity contribution in [1.29, 1.82) is 0 Å². The van der Waals surface area contributed by atoms with E-state index in [-0.39, 0.29) is 11.9 Å². The van der Waals surface area contributed by atoms with E-state index in [0.717, 1.165) is 5.56 Å². The molecular formula is C15H22FNS. The van der Waals surface area contributed by atoms with Crippen molar-refractivity contribution in [3.8, 4) is 0 Å². The van der Waals surface area contributed by atoms with E-state index in [9.17, 15) is 4.39 Å². The minimum atomic E-state index is -0.103. The Morgan fingerprint density at radius 2 is 2.00 bits per heavy atom. The lowest BCUT2D eigenvalue weighted by Crippen LogP contribution is -2.41. The van der Waals surface area contributed by atoms with Crippen molar-refractivity contribution < 1.29 is 4.39 Å². The lowest BCUT2D eigenvalue weighted by molar-refractivity contribution is 0.352. The van der Waals surface area contributed by atoms with Gasteiger partial charge in [0.2, 0.25) is 0 Å². The average Bonchev–Trinajstić information content (AvgIpc) is 2.39. The van der Waals surface area contributed by atoms with Gasteiger partial charge in [-0.1, -0.05) is 31.0 Å². The molecule has 1 aliphatic carbocycles. The summed E-state index contributed by atoms with van der Waals surface area (Å²) in [5.41, 5.74) is 0.780. The van der Waals surface area contributed by atoms with Crippen LogP contribution in [0.25, 0.3) is 0 Å². The molecule has 18 heavy (non-hydrogen) atoms. The summed E-state index contributed by atoms with van der Waals surface area (Å²) < 4.78 is 13.7. The summed E-state index contributed by atoms with van der Waals surface area (Å²) in [5, 5.41) is 4.29. The maximum Gasteiger partial charge on any atom is 0.127 e. The molecule has 0 aliphatic heterocycles. The van der Waals surface area contributed by atoms with E-state index in [4.69, 9.17) is 0 Å². The highest BCUT2D eigenvalue weighted by molar-refractivity contribution is 7.99. The van der Waals surface area contributed by atoms with E-state index in [1.54, 1.807) is 12.1 Å². The molecule has 3 unspecified atom stereocenters. The standard InChI is InChI=1S/C15H22FNS/c1-11(12-7-3-4-8-13(12)16)17-14-9-5-6-10-15(14)18-2/h3-4,7-8,11,14-15,17H,5-6,9-10H2,1-2H3. The van der Waals surface area contributed by atoms with Crippen LogP contribution >= 0.6 is 11.8 Å². The van der Waals surface area contributed by atoms with Gasteiger partial charge in [-0.3, -0.25) is 0 Å². The van der Waals surface area contributed by atoms with Gasteiger partial charge in [0.05, 0.1) is 0 Å². The first-order valence-electron chi connectivity index (χ1n) is 6.75. The van der Waals surface area contributed by atoms with Gasteiger partial charge in [-0.15, -0.1) is 0 Å². The summed E-state index contributed by atoms with van der Waals surface area (Å²) in [4.78, 5) is 0. The molecule has 2 rings (SSSR count). The van der Waals surface area contributed by atoms with E-state index >= 15 is 0 Å². The fraction of sp³-hybridized carbons (Fsp3) is 0.600. The molecule has 1 aromatic carbocycles. The second-order valence-corrected chi connectivity index (χ2v) is 6.15. The number of benzene rings is 1. The molecule has 3 heteroatoms. The summed E-state index contributed by atoms with van der Waals surface area (Å²) in [6.07, 6.45) is 7.29. The molecule has 1 nitrogen and oxygen atoms in total. The van der Waals surface area contributed by atoms with Crippen LogP contribution in [0.15, 0.2) is 24.3 Å². The summed E-state index contributed by atoms with van der Waals surface area (Å²) in [7, 11) is 0. The third-order valence-electron chi connectivity index (χ3n) is 3.84. The fourth-order valence-electron chi connectivity index (χ4n) is 2.81. The summed E-state index contributed by atoms with van der Waals surface area (Å²) >= 11 is 1.94. The van der Waals surface area contributed by atoms with Crippen molar-refractivity contribution in [3.63, 3.8) is 0 Å². The molecule has 0 radical (unpaired) electrons. The molecule has 1 saturated carbocycles. The maximum atomic E-state index is 13.7. The molecule has 1 aromatic rings. The van der Waals surface area contributed by atoms with Gasteiger partial charge < -0.3 is 5.32 Å². The predicted molar refractivity (Wildman–Crippen MR) is 77.5 cm³/mol. The summed E-state index contributed by atoms with van der Waals surface area (Å²) in [6, 6.07) is 7.68. The van der Waals surface area contributed by atoms with Crippen LogP contribution in [0.2, 0.25) is 0 Å². The monoisotopic (exact) mass is 267 g/mol. The van der Waals surface area contributed by atoms with Gasteiger partial charge in [-0.05, 0) is 32.1 Å². The Balaban J connectivity index is 2.02. The topological polar surface area (TPSA) is 12.0 Å². The van der Waals surface area contributed by atoms with Crippen LogP contribution in [0.4, 0.5) is 4.39 Å². The Morgan fingerprint density at radius 3 is 2.72 bits per heavy atom. The van der Waals surface area contributed by atoms with Gasteiger partial charge in [-0.2, -0.15) is 11.8 Å². The Kier molecular flexibility index (Phi) is 5.07. The number of hydrogen-bond acceptors (Lipinski definition) is 2. The van der Waals surface area contributed by atoms with Crippen LogP contribution in [0, 0.1) is 5.82 Å². The van der Waals surface area contributed by atoms with Crippen molar-refractivity contribution in [2.75, 3.05) is 6.26 Å². The van der Waals surface area contributed by atoms with Crippen molar-refractivity contribution >= 4 is 11.8 Å². The highest BCUT2D eigenvalue weighted by atomic mass is 32.2. The predicted octanol–water partition coefficient (Wildman–Crippen LogP) is 4.15. The average molecular weight is 267 g/mol. The minimum Gasteiger partial charge on any atom is -0.306 e. The molecule has 0 bridgehead atoms. The molecule has 0 spiro atoms. The third kappa shape index (κ3) is 3.27. The summed E-state index contributed by atoms with van der Waals surface area (Å²) in [5.74, 6) is -0.103.